The number of para-hydroxylation sites is 1. The zero-order valence-electron chi connectivity index (χ0n) is 10.7. The van der Waals surface area contributed by atoms with Crippen molar-refractivity contribution in [2.75, 3.05) is 5.32 Å². The third-order valence-electron chi connectivity index (χ3n) is 2.50. The van der Waals surface area contributed by atoms with E-state index in [0.29, 0.717) is 17.0 Å². The van der Waals surface area contributed by atoms with Crippen molar-refractivity contribution in [1.82, 2.24) is 0 Å². The van der Waals surface area contributed by atoms with Crippen LogP contribution in [0.3, 0.4) is 0 Å². The number of hydrogen-bond acceptors (Lipinski definition) is 3. The minimum absolute atomic E-state index is 0.230. The molecule has 0 aliphatic heterocycles. The standard InChI is InChI=1S/C15H12BrNO3/c1-10(18)20-12-8-6-11(7-9-12)15(19)17-14-5-3-2-4-13(14)16/h2-9H,1H3,(H,17,19). The van der Waals surface area contributed by atoms with Crippen molar-refractivity contribution in [3.8, 4) is 5.75 Å². The molecule has 0 fully saturated rings. The number of ether oxygens (including phenoxy) is 1. The Balaban J connectivity index is 2.10. The molecule has 2 aromatic rings. The lowest BCUT2D eigenvalue weighted by Crippen LogP contribution is -2.12. The summed E-state index contributed by atoms with van der Waals surface area (Å²) in [5.41, 5.74) is 1.18. The second-order valence-electron chi connectivity index (χ2n) is 4.05. The molecule has 1 amide bonds. The number of halogens is 1. The maximum absolute atomic E-state index is 12.1. The lowest BCUT2D eigenvalue weighted by Gasteiger charge is -2.07. The van der Waals surface area contributed by atoms with Crippen LogP contribution in [-0.4, -0.2) is 11.9 Å². The van der Waals surface area contributed by atoms with Gasteiger partial charge in [-0.2, -0.15) is 0 Å². The van der Waals surface area contributed by atoms with Gasteiger partial charge < -0.3 is 10.1 Å². The third kappa shape index (κ3) is 3.68. The second kappa shape index (κ2) is 6.34. The summed E-state index contributed by atoms with van der Waals surface area (Å²) < 4.78 is 5.72. The largest absolute Gasteiger partial charge is 0.427 e. The minimum Gasteiger partial charge on any atom is -0.427 e. The molecule has 0 aliphatic rings. The van der Waals surface area contributed by atoms with E-state index in [1.54, 1.807) is 30.3 Å². The fourth-order valence-electron chi connectivity index (χ4n) is 1.60. The lowest BCUT2D eigenvalue weighted by molar-refractivity contribution is -0.131. The van der Waals surface area contributed by atoms with E-state index in [0.717, 1.165) is 4.47 Å². The van der Waals surface area contributed by atoms with Crippen LogP contribution in [0.1, 0.15) is 17.3 Å². The molecule has 4 nitrogen and oxygen atoms in total. The maximum atomic E-state index is 12.1. The van der Waals surface area contributed by atoms with Crippen molar-refractivity contribution in [1.29, 1.82) is 0 Å². The number of benzene rings is 2. The highest BCUT2D eigenvalue weighted by Crippen LogP contribution is 2.22. The molecule has 2 rings (SSSR count). The Hall–Kier alpha value is -2.14. The normalized spacial score (nSPS) is 9.90. The van der Waals surface area contributed by atoms with Crippen LogP contribution in [0, 0.1) is 0 Å². The molecule has 5 heteroatoms. The topological polar surface area (TPSA) is 55.4 Å². The van der Waals surface area contributed by atoms with E-state index in [4.69, 9.17) is 4.74 Å². The van der Waals surface area contributed by atoms with Gasteiger partial charge in [0.1, 0.15) is 5.75 Å². The number of anilines is 1. The van der Waals surface area contributed by atoms with E-state index in [9.17, 15) is 9.59 Å². The van der Waals surface area contributed by atoms with Crippen molar-refractivity contribution in [3.63, 3.8) is 0 Å². The summed E-state index contributed by atoms with van der Waals surface area (Å²) in [5.74, 6) is -0.211. The Bertz CT molecular complexity index is 638. The third-order valence-corrected chi connectivity index (χ3v) is 3.19. The van der Waals surface area contributed by atoms with Gasteiger partial charge in [0.2, 0.25) is 0 Å². The Kier molecular flexibility index (Phi) is 4.53. The van der Waals surface area contributed by atoms with Gasteiger partial charge in [0.05, 0.1) is 5.69 Å². The molecule has 0 spiro atoms. The average Bonchev–Trinajstić information content (AvgIpc) is 2.41. The Morgan fingerprint density at radius 3 is 2.30 bits per heavy atom. The van der Waals surface area contributed by atoms with E-state index in [1.807, 2.05) is 18.2 Å². The Morgan fingerprint density at radius 1 is 1.05 bits per heavy atom. The van der Waals surface area contributed by atoms with Gasteiger partial charge in [-0.1, -0.05) is 12.1 Å². The summed E-state index contributed by atoms with van der Waals surface area (Å²) in [5, 5.41) is 2.79. The van der Waals surface area contributed by atoms with Crippen LogP contribution >= 0.6 is 15.9 Å². The first-order chi connectivity index (χ1) is 9.56. The van der Waals surface area contributed by atoms with Crippen molar-refractivity contribution >= 4 is 33.5 Å². The molecule has 102 valence electrons. The van der Waals surface area contributed by atoms with Crippen molar-refractivity contribution in [2.45, 2.75) is 6.92 Å². The summed E-state index contributed by atoms with van der Waals surface area (Å²) in [6.45, 7) is 1.33. The lowest BCUT2D eigenvalue weighted by atomic mass is 10.2. The molecule has 0 unspecified atom stereocenters. The van der Waals surface area contributed by atoms with Crippen LogP contribution in [0.25, 0.3) is 0 Å². The van der Waals surface area contributed by atoms with Gasteiger partial charge in [0, 0.05) is 17.0 Å². The number of esters is 1. The Morgan fingerprint density at radius 2 is 1.70 bits per heavy atom. The molecule has 0 saturated heterocycles. The van der Waals surface area contributed by atoms with Crippen molar-refractivity contribution in [2.24, 2.45) is 0 Å². The highest BCUT2D eigenvalue weighted by atomic mass is 79.9. The predicted octanol–water partition coefficient (Wildman–Crippen LogP) is 3.63. The minimum atomic E-state index is -0.393. The fourth-order valence-corrected chi connectivity index (χ4v) is 1.98. The fraction of sp³-hybridized carbons (Fsp3) is 0.0667. The van der Waals surface area contributed by atoms with Gasteiger partial charge in [0.25, 0.3) is 5.91 Å². The van der Waals surface area contributed by atoms with Crippen molar-refractivity contribution < 1.29 is 14.3 Å². The molecule has 0 aromatic heterocycles. The highest BCUT2D eigenvalue weighted by molar-refractivity contribution is 9.10. The van der Waals surface area contributed by atoms with E-state index in [2.05, 4.69) is 21.2 Å². The van der Waals surface area contributed by atoms with Gasteiger partial charge >= 0.3 is 5.97 Å². The molecule has 0 saturated carbocycles. The van der Waals surface area contributed by atoms with E-state index < -0.39 is 5.97 Å². The predicted molar refractivity (Wildman–Crippen MR) is 79.8 cm³/mol. The first kappa shape index (κ1) is 14.3. The van der Waals surface area contributed by atoms with Crippen LogP contribution in [0.5, 0.6) is 5.75 Å². The highest BCUT2D eigenvalue weighted by Gasteiger charge is 2.08. The molecule has 0 radical (unpaired) electrons. The quantitative estimate of drug-likeness (QED) is 0.689. The maximum Gasteiger partial charge on any atom is 0.308 e. The average molecular weight is 334 g/mol. The van der Waals surface area contributed by atoms with E-state index >= 15 is 0 Å². The molecule has 0 heterocycles. The molecule has 2 aromatic carbocycles. The SMILES string of the molecule is CC(=O)Oc1ccc(C(=O)Nc2ccccc2Br)cc1. The number of rotatable bonds is 3. The summed E-state index contributed by atoms with van der Waals surface area (Å²) >= 11 is 3.36. The van der Waals surface area contributed by atoms with Crippen LogP contribution in [0.15, 0.2) is 53.0 Å². The number of amides is 1. The van der Waals surface area contributed by atoms with Gasteiger partial charge in [-0.15, -0.1) is 0 Å². The molecule has 1 N–H and O–H groups in total. The first-order valence-corrected chi connectivity index (χ1v) is 6.70. The number of hydrogen-bond donors (Lipinski definition) is 1. The summed E-state index contributed by atoms with van der Waals surface area (Å²) in [4.78, 5) is 22.9. The van der Waals surface area contributed by atoms with E-state index in [-0.39, 0.29) is 5.91 Å². The van der Waals surface area contributed by atoms with Gasteiger partial charge in [-0.25, -0.2) is 0 Å². The molecule has 20 heavy (non-hydrogen) atoms. The Labute approximate surface area is 124 Å². The van der Waals surface area contributed by atoms with Gasteiger partial charge in [-0.05, 0) is 52.3 Å². The zero-order chi connectivity index (χ0) is 14.5. The van der Waals surface area contributed by atoms with Crippen LogP contribution in [0.2, 0.25) is 0 Å². The molecular weight excluding hydrogens is 322 g/mol. The van der Waals surface area contributed by atoms with Crippen LogP contribution in [-0.2, 0) is 4.79 Å². The summed E-state index contributed by atoms with van der Waals surface area (Å²) in [6.07, 6.45) is 0. The van der Waals surface area contributed by atoms with Crippen LogP contribution < -0.4 is 10.1 Å². The number of carbonyl (C=O) groups excluding carboxylic acids is 2. The number of nitrogens with one attached hydrogen (secondary N) is 1. The van der Waals surface area contributed by atoms with Crippen LogP contribution in [0.4, 0.5) is 5.69 Å². The number of carbonyl (C=O) groups is 2. The molecular formula is C15H12BrNO3. The van der Waals surface area contributed by atoms with Crippen molar-refractivity contribution in [3.05, 3.63) is 58.6 Å². The molecule has 0 atom stereocenters. The van der Waals surface area contributed by atoms with Gasteiger partial charge in [0.15, 0.2) is 0 Å². The smallest absolute Gasteiger partial charge is 0.308 e. The molecule has 0 aliphatic carbocycles. The van der Waals surface area contributed by atoms with E-state index in [1.165, 1.54) is 6.92 Å². The summed E-state index contributed by atoms with van der Waals surface area (Å²) in [6, 6.07) is 13.7. The zero-order valence-corrected chi connectivity index (χ0v) is 12.3. The second-order valence-corrected chi connectivity index (χ2v) is 4.91. The summed E-state index contributed by atoms with van der Waals surface area (Å²) in [7, 11) is 0. The molecule has 0 bridgehead atoms. The van der Waals surface area contributed by atoms with Gasteiger partial charge in [-0.3, -0.25) is 9.59 Å². The monoisotopic (exact) mass is 333 g/mol. The first-order valence-electron chi connectivity index (χ1n) is 5.90.